The molecule has 0 bridgehead atoms. The SMILES string of the molecule is O=CNc1ccc(OC(F)(F)F)cc1Br. The number of benzene rings is 1. The molecule has 15 heavy (non-hydrogen) atoms. The molecule has 82 valence electrons. The van der Waals surface area contributed by atoms with Crippen LogP contribution < -0.4 is 10.1 Å². The molecule has 7 heteroatoms. The van der Waals surface area contributed by atoms with Crippen LogP contribution in [-0.4, -0.2) is 12.8 Å². The van der Waals surface area contributed by atoms with E-state index in [0.717, 1.165) is 12.1 Å². The fourth-order valence-corrected chi connectivity index (χ4v) is 1.35. The van der Waals surface area contributed by atoms with Gasteiger partial charge >= 0.3 is 6.36 Å². The minimum atomic E-state index is -4.72. The predicted octanol–water partition coefficient (Wildman–Crippen LogP) is 2.92. The lowest BCUT2D eigenvalue weighted by Gasteiger charge is -2.10. The molecule has 0 saturated carbocycles. The number of ether oxygens (including phenoxy) is 1. The molecule has 1 amide bonds. The Bertz CT molecular complexity index is 367. The van der Waals surface area contributed by atoms with Gasteiger partial charge in [0.05, 0.1) is 5.69 Å². The van der Waals surface area contributed by atoms with E-state index in [1.807, 2.05) is 0 Å². The van der Waals surface area contributed by atoms with Gasteiger partial charge in [-0.2, -0.15) is 0 Å². The van der Waals surface area contributed by atoms with E-state index in [1.54, 1.807) is 0 Å². The summed E-state index contributed by atoms with van der Waals surface area (Å²) in [5.74, 6) is -0.356. The maximum atomic E-state index is 11.8. The van der Waals surface area contributed by atoms with Crippen molar-refractivity contribution in [3.63, 3.8) is 0 Å². The molecule has 1 aromatic carbocycles. The summed E-state index contributed by atoms with van der Waals surface area (Å²) in [6.45, 7) is 0. The highest BCUT2D eigenvalue weighted by atomic mass is 79.9. The Morgan fingerprint density at radius 3 is 2.53 bits per heavy atom. The van der Waals surface area contributed by atoms with Gasteiger partial charge in [-0.1, -0.05) is 0 Å². The number of hydrogen-bond acceptors (Lipinski definition) is 2. The highest BCUT2D eigenvalue weighted by molar-refractivity contribution is 9.10. The number of carbonyl (C=O) groups excluding carboxylic acids is 1. The van der Waals surface area contributed by atoms with Crippen molar-refractivity contribution in [2.75, 3.05) is 5.32 Å². The number of hydrogen-bond donors (Lipinski definition) is 1. The summed E-state index contributed by atoms with van der Waals surface area (Å²) in [5, 5.41) is 2.30. The van der Waals surface area contributed by atoms with Gasteiger partial charge in [-0.15, -0.1) is 13.2 Å². The summed E-state index contributed by atoms with van der Waals surface area (Å²) >= 11 is 2.99. The minimum Gasteiger partial charge on any atom is -0.406 e. The lowest BCUT2D eigenvalue weighted by Crippen LogP contribution is -2.17. The topological polar surface area (TPSA) is 38.3 Å². The molecule has 0 unspecified atom stereocenters. The molecular weight excluding hydrogens is 279 g/mol. The number of rotatable bonds is 3. The normalized spacial score (nSPS) is 10.9. The molecule has 0 spiro atoms. The Labute approximate surface area is 91.4 Å². The number of amides is 1. The summed E-state index contributed by atoms with van der Waals surface area (Å²) in [5.41, 5.74) is 0.361. The van der Waals surface area contributed by atoms with Gasteiger partial charge in [0.1, 0.15) is 5.75 Å². The second-order valence-corrected chi connectivity index (χ2v) is 3.31. The van der Waals surface area contributed by atoms with Gasteiger partial charge < -0.3 is 10.1 Å². The first-order valence-corrected chi connectivity index (χ1v) is 4.47. The number of alkyl halides is 3. The molecule has 1 rings (SSSR count). The highest BCUT2D eigenvalue weighted by Crippen LogP contribution is 2.30. The van der Waals surface area contributed by atoms with Crippen molar-refractivity contribution in [3.05, 3.63) is 22.7 Å². The third-order valence-electron chi connectivity index (χ3n) is 1.39. The smallest absolute Gasteiger partial charge is 0.406 e. The monoisotopic (exact) mass is 283 g/mol. The second kappa shape index (κ2) is 4.52. The van der Waals surface area contributed by atoms with E-state index in [2.05, 4.69) is 26.0 Å². The van der Waals surface area contributed by atoms with Gasteiger partial charge in [0, 0.05) is 4.47 Å². The Morgan fingerprint density at radius 1 is 1.40 bits per heavy atom. The van der Waals surface area contributed by atoms with Crippen LogP contribution in [0, 0.1) is 0 Å². The minimum absolute atomic E-state index is 0.302. The summed E-state index contributed by atoms with van der Waals surface area (Å²) in [4.78, 5) is 10.1. The maximum Gasteiger partial charge on any atom is 0.573 e. The van der Waals surface area contributed by atoms with Crippen molar-refractivity contribution < 1.29 is 22.7 Å². The first-order valence-electron chi connectivity index (χ1n) is 3.68. The molecule has 0 heterocycles. The first-order chi connectivity index (χ1) is 6.92. The molecule has 0 aliphatic rings. The predicted molar refractivity (Wildman–Crippen MR) is 50.5 cm³/mol. The molecule has 0 fully saturated rings. The van der Waals surface area contributed by atoms with Crippen LogP contribution in [-0.2, 0) is 4.79 Å². The van der Waals surface area contributed by atoms with Crippen molar-refractivity contribution in [3.8, 4) is 5.75 Å². The van der Waals surface area contributed by atoms with E-state index >= 15 is 0 Å². The quantitative estimate of drug-likeness (QED) is 0.867. The van der Waals surface area contributed by atoms with Gasteiger partial charge in [0.15, 0.2) is 0 Å². The molecular formula is C8H5BrF3NO2. The van der Waals surface area contributed by atoms with E-state index < -0.39 is 6.36 Å². The molecule has 3 nitrogen and oxygen atoms in total. The van der Waals surface area contributed by atoms with Crippen LogP contribution in [0.5, 0.6) is 5.75 Å². The van der Waals surface area contributed by atoms with Crippen molar-refractivity contribution in [1.29, 1.82) is 0 Å². The molecule has 0 aromatic heterocycles. The summed E-state index contributed by atoms with van der Waals surface area (Å²) in [7, 11) is 0. The molecule has 0 radical (unpaired) electrons. The van der Waals surface area contributed by atoms with Crippen LogP contribution in [0.2, 0.25) is 0 Å². The van der Waals surface area contributed by atoms with Crippen molar-refractivity contribution in [2.24, 2.45) is 0 Å². The van der Waals surface area contributed by atoms with Gasteiger partial charge in [0.2, 0.25) is 6.41 Å². The summed E-state index contributed by atoms with van der Waals surface area (Å²) in [6.07, 6.45) is -4.30. The zero-order valence-electron chi connectivity index (χ0n) is 7.14. The average Bonchev–Trinajstić information content (AvgIpc) is 2.07. The standard InChI is InChI=1S/C8H5BrF3NO2/c9-6-3-5(15-8(10,11)12)1-2-7(6)13-4-14/h1-4H,(H,13,14). The van der Waals surface area contributed by atoms with E-state index in [1.165, 1.54) is 6.07 Å². The zero-order chi connectivity index (χ0) is 11.5. The molecule has 0 saturated heterocycles. The third-order valence-corrected chi connectivity index (χ3v) is 2.04. The summed E-state index contributed by atoms with van der Waals surface area (Å²) < 4.78 is 39.4. The number of halogens is 4. The molecule has 0 aliphatic heterocycles. The van der Waals surface area contributed by atoms with Crippen LogP contribution >= 0.6 is 15.9 Å². The fraction of sp³-hybridized carbons (Fsp3) is 0.125. The number of nitrogens with one attached hydrogen (secondary N) is 1. The van der Waals surface area contributed by atoms with Crippen molar-refractivity contribution in [2.45, 2.75) is 6.36 Å². The molecule has 0 aliphatic carbocycles. The van der Waals surface area contributed by atoms with Crippen LogP contribution in [0.3, 0.4) is 0 Å². The van der Waals surface area contributed by atoms with E-state index in [9.17, 15) is 18.0 Å². The lowest BCUT2D eigenvalue weighted by atomic mass is 10.3. The largest absolute Gasteiger partial charge is 0.573 e. The molecule has 0 atom stereocenters. The Hall–Kier alpha value is -1.24. The fourth-order valence-electron chi connectivity index (χ4n) is 0.873. The van der Waals surface area contributed by atoms with E-state index in [4.69, 9.17) is 0 Å². The first kappa shape index (κ1) is 11.8. The van der Waals surface area contributed by atoms with Crippen LogP contribution in [0.15, 0.2) is 22.7 Å². The Kier molecular flexibility index (Phi) is 3.57. The summed E-state index contributed by atoms with van der Waals surface area (Å²) in [6, 6.07) is 3.50. The maximum absolute atomic E-state index is 11.8. The van der Waals surface area contributed by atoms with Crippen LogP contribution in [0.1, 0.15) is 0 Å². The van der Waals surface area contributed by atoms with E-state index in [-0.39, 0.29) is 5.75 Å². The van der Waals surface area contributed by atoms with Crippen molar-refractivity contribution >= 4 is 28.0 Å². The van der Waals surface area contributed by atoms with Crippen LogP contribution in [0.25, 0.3) is 0 Å². The highest BCUT2D eigenvalue weighted by Gasteiger charge is 2.31. The number of anilines is 1. The number of carbonyl (C=O) groups is 1. The van der Waals surface area contributed by atoms with Gasteiger partial charge in [-0.05, 0) is 34.1 Å². The lowest BCUT2D eigenvalue weighted by molar-refractivity contribution is -0.274. The Balaban J connectivity index is 2.86. The average molecular weight is 284 g/mol. The zero-order valence-corrected chi connectivity index (χ0v) is 8.72. The molecule has 1 aromatic rings. The Morgan fingerprint density at radius 2 is 2.07 bits per heavy atom. The second-order valence-electron chi connectivity index (χ2n) is 2.45. The van der Waals surface area contributed by atoms with Gasteiger partial charge in [0.25, 0.3) is 0 Å². The molecule has 1 N–H and O–H groups in total. The van der Waals surface area contributed by atoms with E-state index in [0.29, 0.717) is 16.6 Å². The van der Waals surface area contributed by atoms with Gasteiger partial charge in [-0.25, -0.2) is 0 Å². The van der Waals surface area contributed by atoms with Crippen LogP contribution in [0.4, 0.5) is 18.9 Å². The van der Waals surface area contributed by atoms with Crippen molar-refractivity contribution in [1.82, 2.24) is 0 Å². The third kappa shape index (κ3) is 3.78. The van der Waals surface area contributed by atoms with Gasteiger partial charge in [-0.3, -0.25) is 4.79 Å².